The van der Waals surface area contributed by atoms with Crippen LogP contribution in [0.3, 0.4) is 0 Å². The van der Waals surface area contributed by atoms with Crippen LogP contribution >= 0.6 is 11.8 Å². The molecule has 0 spiro atoms. The van der Waals surface area contributed by atoms with Crippen molar-refractivity contribution in [1.29, 1.82) is 0 Å². The standard InChI is InChI=1S/C19H21N3O3S/c23-16-5-7-21(8-6-16)15-3-1-14(2-4-15)13-17-18(24)20-19(26-17)22-9-11-25-12-10-22/h1-4,13H,5-12H2. The van der Waals surface area contributed by atoms with E-state index >= 15 is 0 Å². The number of benzene rings is 1. The number of ether oxygens (including phenoxy) is 1. The Balaban J connectivity index is 1.42. The summed E-state index contributed by atoms with van der Waals surface area (Å²) in [5, 5.41) is 0.777. The van der Waals surface area contributed by atoms with Crippen molar-refractivity contribution < 1.29 is 14.3 Å². The van der Waals surface area contributed by atoms with Gasteiger partial charge in [-0.25, -0.2) is 0 Å². The largest absolute Gasteiger partial charge is 0.378 e. The lowest BCUT2D eigenvalue weighted by Crippen LogP contribution is -2.38. The summed E-state index contributed by atoms with van der Waals surface area (Å²) in [6.07, 6.45) is 3.14. The summed E-state index contributed by atoms with van der Waals surface area (Å²) < 4.78 is 5.35. The first-order valence-electron chi connectivity index (χ1n) is 8.91. The van der Waals surface area contributed by atoms with Gasteiger partial charge in [-0.3, -0.25) is 9.59 Å². The maximum Gasteiger partial charge on any atom is 0.286 e. The van der Waals surface area contributed by atoms with Gasteiger partial charge in [-0.15, -0.1) is 0 Å². The third-order valence-corrected chi connectivity index (χ3v) is 5.81. The van der Waals surface area contributed by atoms with Gasteiger partial charge in [0, 0.05) is 44.7 Å². The molecular weight excluding hydrogens is 350 g/mol. The number of carbonyl (C=O) groups excluding carboxylic acids is 2. The predicted octanol–water partition coefficient (Wildman–Crippen LogP) is 2.16. The first-order chi connectivity index (χ1) is 12.7. The zero-order valence-corrected chi connectivity index (χ0v) is 15.3. The Kier molecular flexibility index (Phi) is 5.08. The summed E-state index contributed by atoms with van der Waals surface area (Å²) in [5.41, 5.74) is 2.10. The lowest BCUT2D eigenvalue weighted by atomic mass is 10.1. The van der Waals surface area contributed by atoms with E-state index in [0.717, 1.165) is 42.6 Å². The number of morpholine rings is 1. The Morgan fingerprint density at radius 2 is 1.65 bits per heavy atom. The quantitative estimate of drug-likeness (QED) is 0.743. The molecule has 0 bridgehead atoms. The highest BCUT2D eigenvalue weighted by molar-refractivity contribution is 8.18. The Hall–Kier alpha value is -2.12. The number of aliphatic imine (C=N–C) groups is 1. The molecule has 6 nitrogen and oxygen atoms in total. The monoisotopic (exact) mass is 371 g/mol. The molecule has 0 unspecified atom stereocenters. The molecule has 3 aliphatic heterocycles. The normalized spacial score (nSPS) is 22.9. The fourth-order valence-electron chi connectivity index (χ4n) is 3.23. The van der Waals surface area contributed by atoms with Crippen LogP contribution in [0.4, 0.5) is 5.69 Å². The summed E-state index contributed by atoms with van der Waals surface area (Å²) in [6.45, 7) is 4.47. The number of ketones is 1. The molecule has 0 atom stereocenters. The second kappa shape index (κ2) is 7.63. The molecule has 2 fully saturated rings. The summed E-state index contributed by atoms with van der Waals surface area (Å²) in [6, 6.07) is 8.13. The van der Waals surface area contributed by atoms with Crippen molar-refractivity contribution in [3.8, 4) is 0 Å². The lowest BCUT2D eigenvalue weighted by molar-refractivity contribution is -0.119. The minimum atomic E-state index is -0.171. The van der Waals surface area contributed by atoms with E-state index in [-0.39, 0.29) is 5.91 Å². The van der Waals surface area contributed by atoms with Gasteiger partial charge >= 0.3 is 0 Å². The van der Waals surface area contributed by atoms with Crippen LogP contribution in [0.2, 0.25) is 0 Å². The number of anilines is 1. The molecule has 2 saturated heterocycles. The Morgan fingerprint density at radius 1 is 0.962 bits per heavy atom. The Bertz CT molecular complexity index is 757. The van der Waals surface area contributed by atoms with Gasteiger partial charge in [0.1, 0.15) is 5.78 Å². The van der Waals surface area contributed by atoms with Gasteiger partial charge in [0.05, 0.1) is 18.1 Å². The molecule has 1 aromatic carbocycles. The molecule has 1 amide bonds. The molecule has 3 heterocycles. The Labute approximate surface area is 156 Å². The lowest BCUT2D eigenvalue weighted by Gasteiger charge is -2.28. The number of amidine groups is 1. The van der Waals surface area contributed by atoms with Crippen molar-refractivity contribution in [1.82, 2.24) is 4.90 Å². The van der Waals surface area contributed by atoms with Crippen molar-refractivity contribution in [2.45, 2.75) is 12.8 Å². The fraction of sp³-hybridized carbons (Fsp3) is 0.421. The summed E-state index contributed by atoms with van der Waals surface area (Å²) in [4.78, 5) is 32.8. The molecule has 0 N–H and O–H groups in total. The number of hydrogen-bond acceptors (Lipinski definition) is 6. The second-order valence-electron chi connectivity index (χ2n) is 6.53. The maximum absolute atomic E-state index is 12.2. The maximum atomic E-state index is 12.2. The number of amides is 1. The van der Waals surface area contributed by atoms with Crippen molar-refractivity contribution in [3.63, 3.8) is 0 Å². The van der Waals surface area contributed by atoms with E-state index in [1.165, 1.54) is 11.8 Å². The van der Waals surface area contributed by atoms with Crippen LogP contribution in [0, 0.1) is 0 Å². The molecule has 0 aliphatic carbocycles. The third-order valence-electron chi connectivity index (χ3n) is 4.77. The van der Waals surface area contributed by atoms with Crippen molar-refractivity contribution in [3.05, 3.63) is 34.7 Å². The topological polar surface area (TPSA) is 62.2 Å². The number of carbonyl (C=O) groups is 2. The third kappa shape index (κ3) is 3.83. The van der Waals surface area contributed by atoms with Gasteiger partial charge in [-0.1, -0.05) is 12.1 Å². The molecule has 26 heavy (non-hydrogen) atoms. The average Bonchev–Trinajstić information content (AvgIpc) is 3.04. The van der Waals surface area contributed by atoms with E-state index in [4.69, 9.17) is 4.74 Å². The molecule has 0 aromatic heterocycles. The van der Waals surface area contributed by atoms with Crippen LogP contribution in [0.1, 0.15) is 18.4 Å². The molecule has 4 rings (SSSR count). The van der Waals surface area contributed by atoms with Crippen LogP contribution in [0.5, 0.6) is 0 Å². The first kappa shape index (κ1) is 17.3. The summed E-state index contributed by atoms with van der Waals surface area (Å²) >= 11 is 1.44. The van der Waals surface area contributed by atoms with Crippen LogP contribution in [0.25, 0.3) is 6.08 Å². The molecule has 0 saturated carbocycles. The number of rotatable bonds is 2. The highest BCUT2D eigenvalue weighted by Gasteiger charge is 2.27. The highest BCUT2D eigenvalue weighted by atomic mass is 32.2. The van der Waals surface area contributed by atoms with Gasteiger partial charge in [-0.2, -0.15) is 4.99 Å². The fourth-order valence-corrected chi connectivity index (χ4v) is 4.20. The molecular formula is C19H21N3O3S. The molecule has 0 radical (unpaired) electrons. The van der Waals surface area contributed by atoms with E-state index < -0.39 is 0 Å². The number of piperidine rings is 1. The summed E-state index contributed by atoms with van der Waals surface area (Å²) in [7, 11) is 0. The van der Waals surface area contributed by atoms with Crippen molar-refractivity contribution in [2.24, 2.45) is 4.99 Å². The predicted molar refractivity (Wildman–Crippen MR) is 103 cm³/mol. The summed E-state index contributed by atoms with van der Waals surface area (Å²) in [5.74, 6) is 0.172. The zero-order valence-electron chi connectivity index (χ0n) is 14.5. The van der Waals surface area contributed by atoms with Crippen molar-refractivity contribution in [2.75, 3.05) is 44.3 Å². The van der Waals surface area contributed by atoms with E-state index in [0.29, 0.717) is 36.7 Å². The average molecular weight is 371 g/mol. The number of nitrogens with zero attached hydrogens (tertiary/aromatic N) is 3. The van der Waals surface area contributed by atoms with Crippen LogP contribution in [0.15, 0.2) is 34.2 Å². The zero-order chi connectivity index (χ0) is 17.9. The van der Waals surface area contributed by atoms with E-state index in [2.05, 4.69) is 26.9 Å². The van der Waals surface area contributed by atoms with Crippen LogP contribution in [-0.4, -0.2) is 61.2 Å². The van der Waals surface area contributed by atoms with E-state index in [1.807, 2.05) is 18.2 Å². The Morgan fingerprint density at radius 3 is 2.35 bits per heavy atom. The highest BCUT2D eigenvalue weighted by Crippen LogP contribution is 2.31. The molecule has 7 heteroatoms. The van der Waals surface area contributed by atoms with Gasteiger partial charge < -0.3 is 14.5 Å². The molecule has 3 aliphatic rings. The number of thioether (sulfide) groups is 1. The van der Waals surface area contributed by atoms with Gasteiger partial charge in [0.2, 0.25) is 0 Å². The molecule has 1 aromatic rings. The molecule has 136 valence electrons. The minimum absolute atomic E-state index is 0.171. The van der Waals surface area contributed by atoms with Crippen molar-refractivity contribution >= 4 is 40.4 Å². The van der Waals surface area contributed by atoms with Gasteiger partial charge in [0.25, 0.3) is 5.91 Å². The van der Waals surface area contributed by atoms with Crippen LogP contribution < -0.4 is 4.90 Å². The van der Waals surface area contributed by atoms with Gasteiger partial charge in [0.15, 0.2) is 5.17 Å². The smallest absolute Gasteiger partial charge is 0.286 e. The second-order valence-corrected chi connectivity index (χ2v) is 7.54. The van der Waals surface area contributed by atoms with E-state index in [9.17, 15) is 9.59 Å². The first-order valence-corrected chi connectivity index (χ1v) is 9.73. The van der Waals surface area contributed by atoms with E-state index in [1.54, 1.807) is 0 Å². The van der Waals surface area contributed by atoms with Gasteiger partial charge in [-0.05, 0) is 35.5 Å². The number of Topliss-reactive ketones (excluding diaryl/α,β-unsaturated/α-hetero) is 1. The number of hydrogen-bond donors (Lipinski definition) is 0. The SMILES string of the molecule is O=C1CCN(c2ccc(C=C3SC(N4CCOCC4)=NC3=O)cc2)CC1. The van der Waals surface area contributed by atoms with Crippen LogP contribution in [-0.2, 0) is 14.3 Å². The minimum Gasteiger partial charge on any atom is -0.378 e.